The molecule has 1 aliphatic carbocycles. The Kier molecular flexibility index (Phi) is 6.11. The Morgan fingerprint density at radius 1 is 1.22 bits per heavy atom. The molecule has 1 amide bonds. The molecule has 3 heterocycles. The largest absolute Gasteiger partial charge is 0.349 e. The summed E-state index contributed by atoms with van der Waals surface area (Å²) in [5, 5.41) is 13.8. The number of aromatic nitrogens is 4. The minimum atomic E-state index is 0.0320. The lowest BCUT2D eigenvalue weighted by Gasteiger charge is -2.24. The molecule has 1 N–H and O–H groups in total. The molecular formula is C24H25N5O2S. The number of carbonyl (C=O) groups is 1. The molecule has 0 bridgehead atoms. The number of amides is 1. The molecule has 1 aromatic carbocycles. The summed E-state index contributed by atoms with van der Waals surface area (Å²) in [5.41, 5.74) is 3.61. The molecule has 7 nitrogen and oxygen atoms in total. The molecular weight excluding hydrogens is 422 g/mol. The molecule has 0 saturated heterocycles. The summed E-state index contributed by atoms with van der Waals surface area (Å²) in [6, 6.07) is 14.3. The molecule has 1 atom stereocenters. The molecule has 1 aliphatic rings. The molecule has 5 rings (SSSR count). The molecule has 3 aromatic heterocycles. The SMILES string of the molecule is O=C(CCCc1nc(-c2cccs2)no1)NC1CCCc2c1cnn2Cc1ccccc1. The lowest BCUT2D eigenvalue weighted by atomic mass is 9.92. The number of carbonyl (C=O) groups excluding carboxylic acids is 1. The van der Waals surface area contributed by atoms with E-state index in [1.807, 2.05) is 41.9 Å². The second kappa shape index (κ2) is 9.48. The number of nitrogens with one attached hydrogen (secondary N) is 1. The first kappa shape index (κ1) is 20.6. The molecule has 0 spiro atoms. The first-order valence-electron chi connectivity index (χ1n) is 11.0. The zero-order valence-electron chi connectivity index (χ0n) is 17.7. The summed E-state index contributed by atoms with van der Waals surface area (Å²) < 4.78 is 7.39. The average molecular weight is 448 g/mol. The molecule has 0 aliphatic heterocycles. The highest BCUT2D eigenvalue weighted by atomic mass is 32.1. The predicted molar refractivity (Wildman–Crippen MR) is 122 cm³/mol. The Labute approximate surface area is 190 Å². The fourth-order valence-corrected chi connectivity index (χ4v) is 4.84. The minimum Gasteiger partial charge on any atom is -0.349 e. The number of benzene rings is 1. The average Bonchev–Trinajstić information content (AvgIpc) is 3.56. The fourth-order valence-electron chi connectivity index (χ4n) is 4.19. The van der Waals surface area contributed by atoms with Crippen molar-refractivity contribution in [1.29, 1.82) is 0 Å². The summed E-state index contributed by atoms with van der Waals surface area (Å²) in [6.07, 6.45) is 6.61. The Bertz CT molecular complexity index is 1170. The third kappa shape index (κ3) is 4.65. The molecule has 4 aromatic rings. The van der Waals surface area contributed by atoms with Crippen LogP contribution in [0.15, 0.2) is 58.6 Å². The van der Waals surface area contributed by atoms with E-state index in [9.17, 15) is 4.79 Å². The van der Waals surface area contributed by atoms with Crippen LogP contribution >= 0.6 is 11.3 Å². The lowest BCUT2D eigenvalue weighted by Crippen LogP contribution is -2.31. The van der Waals surface area contributed by atoms with Crippen molar-refractivity contribution < 1.29 is 9.32 Å². The summed E-state index contributed by atoms with van der Waals surface area (Å²) in [4.78, 5) is 18.0. The third-order valence-corrected chi connectivity index (χ3v) is 6.64. The van der Waals surface area contributed by atoms with Crippen molar-refractivity contribution in [1.82, 2.24) is 25.2 Å². The Balaban J connectivity index is 1.15. The van der Waals surface area contributed by atoms with Crippen molar-refractivity contribution in [2.24, 2.45) is 0 Å². The molecule has 8 heteroatoms. The zero-order valence-corrected chi connectivity index (χ0v) is 18.6. The van der Waals surface area contributed by atoms with Gasteiger partial charge < -0.3 is 9.84 Å². The fraction of sp³-hybridized carbons (Fsp3) is 0.333. The van der Waals surface area contributed by atoms with Crippen LogP contribution in [0.3, 0.4) is 0 Å². The van der Waals surface area contributed by atoms with Crippen molar-refractivity contribution in [3.8, 4) is 10.7 Å². The van der Waals surface area contributed by atoms with Gasteiger partial charge in [-0.05, 0) is 42.7 Å². The normalized spacial score (nSPS) is 15.4. The van der Waals surface area contributed by atoms with Gasteiger partial charge >= 0.3 is 0 Å². The van der Waals surface area contributed by atoms with Gasteiger partial charge in [0.1, 0.15) is 0 Å². The number of hydrogen-bond donors (Lipinski definition) is 1. The number of thiophene rings is 1. The van der Waals surface area contributed by atoms with Crippen LogP contribution in [-0.4, -0.2) is 25.8 Å². The maximum Gasteiger partial charge on any atom is 0.226 e. The van der Waals surface area contributed by atoms with Gasteiger partial charge in [0.2, 0.25) is 17.6 Å². The van der Waals surface area contributed by atoms with Gasteiger partial charge in [-0.1, -0.05) is 41.6 Å². The predicted octanol–water partition coefficient (Wildman–Crippen LogP) is 4.56. The molecule has 164 valence electrons. The van der Waals surface area contributed by atoms with Crippen molar-refractivity contribution in [3.63, 3.8) is 0 Å². The standard InChI is InChI=1S/C24H25N5O2S/c30-22(12-5-13-23-27-24(28-31-23)21-11-6-14-32-21)26-19-9-4-10-20-18(19)15-25-29(20)16-17-7-2-1-3-8-17/h1-3,6-8,11,14-15,19H,4-5,9-10,12-13,16H2,(H,26,30). The Morgan fingerprint density at radius 2 is 2.12 bits per heavy atom. The van der Waals surface area contributed by atoms with Crippen LogP contribution < -0.4 is 5.32 Å². The van der Waals surface area contributed by atoms with Gasteiger partial charge in [-0.3, -0.25) is 9.48 Å². The molecule has 32 heavy (non-hydrogen) atoms. The third-order valence-electron chi connectivity index (χ3n) is 5.78. The van der Waals surface area contributed by atoms with Crippen LogP contribution in [0.25, 0.3) is 10.7 Å². The van der Waals surface area contributed by atoms with E-state index in [2.05, 4.69) is 37.4 Å². The van der Waals surface area contributed by atoms with Gasteiger partial charge in [-0.15, -0.1) is 11.3 Å². The number of nitrogens with zero attached hydrogens (tertiary/aromatic N) is 4. The Hall–Kier alpha value is -3.26. The number of hydrogen-bond acceptors (Lipinski definition) is 6. The van der Waals surface area contributed by atoms with Crippen LogP contribution in [0.5, 0.6) is 0 Å². The van der Waals surface area contributed by atoms with E-state index in [0.717, 1.165) is 36.2 Å². The highest BCUT2D eigenvalue weighted by molar-refractivity contribution is 7.13. The monoisotopic (exact) mass is 447 g/mol. The number of fused-ring (bicyclic) bond motifs is 1. The van der Waals surface area contributed by atoms with Crippen LogP contribution in [-0.2, 0) is 24.2 Å². The maximum atomic E-state index is 12.6. The topological polar surface area (TPSA) is 85.8 Å². The van der Waals surface area contributed by atoms with E-state index in [1.165, 1.54) is 11.3 Å². The van der Waals surface area contributed by atoms with Gasteiger partial charge in [0.15, 0.2) is 0 Å². The van der Waals surface area contributed by atoms with Crippen LogP contribution in [0.1, 0.15) is 54.4 Å². The first-order valence-corrected chi connectivity index (χ1v) is 11.9. The zero-order chi connectivity index (χ0) is 21.8. The van der Waals surface area contributed by atoms with Crippen molar-refractivity contribution >= 4 is 17.2 Å². The minimum absolute atomic E-state index is 0.0320. The van der Waals surface area contributed by atoms with E-state index in [-0.39, 0.29) is 11.9 Å². The van der Waals surface area contributed by atoms with Crippen molar-refractivity contribution in [2.75, 3.05) is 0 Å². The highest BCUT2D eigenvalue weighted by Gasteiger charge is 2.25. The van der Waals surface area contributed by atoms with Gasteiger partial charge in [-0.2, -0.15) is 10.1 Å². The smallest absolute Gasteiger partial charge is 0.226 e. The molecule has 0 saturated carbocycles. The molecule has 0 radical (unpaired) electrons. The van der Waals surface area contributed by atoms with Crippen LogP contribution in [0, 0.1) is 0 Å². The maximum absolute atomic E-state index is 12.6. The van der Waals surface area contributed by atoms with E-state index in [0.29, 0.717) is 31.0 Å². The van der Waals surface area contributed by atoms with Gasteiger partial charge in [-0.25, -0.2) is 0 Å². The van der Waals surface area contributed by atoms with E-state index >= 15 is 0 Å². The number of aryl methyl sites for hydroxylation is 1. The van der Waals surface area contributed by atoms with Crippen LogP contribution in [0.4, 0.5) is 0 Å². The van der Waals surface area contributed by atoms with E-state index < -0.39 is 0 Å². The lowest BCUT2D eigenvalue weighted by molar-refractivity contribution is -0.122. The summed E-state index contributed by atoms with van der Waals surface area (Å²) >= 11 is 1.58. The van der Waals surface area contributed by atoms with Crippen molar-refractivity contribution in [3.05, 3.63) is 76.8 Å². The Morgan fingerprint density at radius 3 is 2.97 bits per heavy atom. The van der Waals surface area contributed by atoms with Gasteiger partial charge in [0.25, 0.3) is 0 Å². The van der Waals surface area contributed by atoms with Gasteiger partial charge in [0, 0.05) is 24.1 Å². The summed E-state index contributed by atoms with van der Waals surface area (Å²) in [5.74, 6) is 1.24. The van der Waals surface area contributed by atoms with E-state index in [1.54, 1.807) is 11.3 Å². The second-order valence-electron chi connectivity index (χ2n) is 8.04. The summed E-state index contributed by atoms with van der Waals surface area (Å²) in [7, 11) is 0. The van der Waals surface area contributed by atoms with Gasteiger partial charge in [0.05, 0.1) is 23.7 Å². The highest BCUT2D eigenvalue weighted by Crippen LogP contribution is 2.30. The second-order valence-corrected chi connectivity index (χ2v) is 8.99. The summed E-state index contributed by atoms with van der Waals surface area (Å²) in [6.45, 7) is 0.758. The number of rotatable bonds is 8. The molecule has 0 fully saturated rings. The molecule has 1 unspecified atom stereocenters. The quantitative estimate of drug-likeness (QED) is 0.428. The van der Waals surface area contributed by atoms with Crippen LogP contribution in [0.2, 0.25) is 0 Å². The van der Waals surface area contributed by atoms with Crippen molar-refractivity contribution in [2.45, 2.75) is 51.1 Å². The first-order chi connectivity index (χ1) is 15.8. The van der Waals surface area contributed by atoms with E-state index in [4.69, 9.17) is 4.52 Å².